The van der Waals surface area contributed by atoms with E-state index in [9.17, 15) is 14.4 Å². The lowest BCUT2D eigenvalue weighted by atomic mass is 10.2. The number of hydrogen-bond acceptors (Lipinski definition) is 5. The minimum Gasteiger partial charge on any atom is -0.489 e. The first kappa shape index (κ1) is 19.7. The van der Waals surface area contributed by atoms with Crippen LogP contribution in [0.25, 0.3) is 6.08 Å². The Labute approximate surface area is 167 Å². The molecule has 3 rings (SSSR count). The molecule has 0 atom stereocenters. The molecular formula is C21H20N2O4S. The van der Waals surface area contributed by atoms with Crippen LogP contribution in [-0.2, 0) is 16.2 Å². The van der Waals surface area contributed by atoms with Crippen LogP contribution in [0.1, 0.15) is 11.1 Å². The van der Waals surface area contributed by atoms with Gasteiger partial charge in [-0.05, 0) is 29.3 Å². The molecule has 0 saturated carbocycles. The highest BCUT2D eigenvalue weighted by molar-refractivity contribution is 8.14. The monoisotopic (exact) mass is 396 g/mol. The zero-order valence-corrected chi connectivity index (χ0v) is 16.0. The van der Waals surface area contributed by atoms with E-state index in [1.807, 2.05) is 54.6 Å². The number of carbonyl (C=O) groups excluding carboxylic acids is 3. The summed E-state index contributed by atoms with van der Waals surface area (Å²) in [6.45, 7) is 0.921. The zero-order valence-electron chi connectivity index (χ0n) is 15.2. The van der Waals surface area contributed by atoms with Crippen LogP contribution in [0, 0.1) is 0 Å². The topological polar surface area (TPSA) is 75.7 Å². The Kier molecular flexibility index (Phi) is 6.86. The molecule has 6 nitrogen and oxygen atoms in total. The van der Waals surface area contributed by atoms with E-state index in [0.29, 0.717) is 6.61 Å². The van der Waals surface area contributed by atoms with Gasteiger partial charge in [-0.2, -0.15) is 0 Å². The van der Waals surface area contributed by atoms with Crippen LogP contribution < -0.4 is 10.1 Å². The third-order valence-corrected chi connectivity index (χ3v) is 4.89. The van der Waals surface area contributed by atoms with Crippen LogP contribution in [0.4, 0.5) is 4.79 Å². The number of nitrogens with one attached hydrogen (secondary N) is 1. The highest BCUT2D eigenvalue weighted by Crippen LogP contribution is 2.18. The number of imide groups is 1. The number of hydrogen-bond donors (Lipinski definition) is 1. The van der Waals surface area contributed by atoms with Gasteiger partial charge in [0, 0.05) is 19.2 Å². The molecular weight excluding hydrogens is 376 g/mol. The van der Waals surface area contributed by atoms with Crippen molar-refractivity contribution in [1.82, 2.24) is 10.2 Å². The van der Waals surface area contributed by atoms with Crippen LogP contribution in [0.15, 0.2) is 60.7 Å². The predicted octanol–water partition coefficient (Wildman–Crippen LogP) is 3.09. The predicted molar refractivity (Wildman–Crippen MR) is 109 cm³/mol. The molecule has 3 amide bonds. The number of rotatable bonds is 8. The average Bonchev–Trinajstić information content (AvgIpc) is 3.04. The largest absolute Gasteiger partial charge is 0.489 e. The average molecular weight is 396 g/mol. The number of amides is 3. The van der Waals surface area contributed by atoms with Crippen molar-refractivity contribution in [1.29, 1.82) is 0 Å². The van der Waals surface area contributed by atoms with Crippen molar-refractivity contribution < 1.29 is 19.1 Å². The van der Waals surface area contributed by atoms with E-state index in [-0.39, 0.29) is 35.9 Å². The van der Waals surface area contributed by atoms with Crippen LogP contribution >= 0.6 is 11.8 Å². The molecule has 1 N–H and O–H groups in total. The third-order valence-electron chi connectivity index (χ3n) is 4.03. The summed E-state index contributed by atoms with van der Waals surface area (Å²) in [5.74, 6) is 0.436. The van der Waals surface area contributed by atoms with E-state index in [1.165, 1.54) is 6.08 Å². The van der Waals surface area contributed by atoms with Gasteiger partial charge < -0.3 is 10.1 Å². The number of carbonyl (C=O) groups is 3. The standard InChI is InChI=1S/C21H20N2O4S/c24-19(22-12-13-23-20(25)15-28-21(23)26)11-8-16-6-9-18(10-7-16)27-14-17-4-2-1-3-5-17/h1-11H,12-15H2,(H,22,24)/b11-8+. The highest BCUT2D eigenvalue weighted by Gasteiger charge is 2.29. The lowest BCUT2D eigenvalue weighted by molar-refractivity contribution is -0.125. The normalized spacial score (nSPS) is 13.9. The van der Waals surface area contributed by atoms with Gasteiger partial charge in [0.1, 0.15) is 12.4 Å². The molecule has 7 heteroatoms. The van der Waals surface area contributed by atoms with Gasteiger partial charge in [-0.1, -0.05) is 54.2 Å². The maximum atomic E-state index is 11.9. The molecule has 0 unspecified atom stereocenters. The maximum Gasteiger partial charge on any atom is 0.288 e. The van der Waals surface area contributed by atoms with Gasteiger partial charge in [0.25, 0.3) is 5.24 Å². The Morgan fingerprint density at radius 3 is 2.54 bits per heavy atom. The molecule has 2 aromatic rings. The fourth-order valence-electron chi connectivity index (χ4n) is 2.53. The molecule has 0 radical (unpaired) electrons. The fourth-order valence-corrected chi connectivity index (χ4v) is 3.29. The molecule has 0 spiro atoms. The lowest BCUT2D eigenvalue weighted by Crippen LogP contribution is -2.37. The van der Waals surface area contributed by atoms with Gasteiger partial charge in [0.05, 0.1) is 5.75 Å². The first-order valence-corrected chi connectivity index (χ1v) is 9.80. The van der Waals surface area contributed by atoms with Crippen molar-refractivity contribution in [2.24, 2.45) is 0 Å². The fraction of sp³-hybridized carbons (Fsp3) is 0.190. The molecule has 1 aliphatic rings. The highest BCUT2D eigenvalue weighted by atomic mass is 32.2. The van der Waals surface area contributed by atoms with Gasteiger partial charge in [-0.3, -0.25) is 19.3 Å². The van der Waals surface area contributed by atoms with Gasteiger partial charge in [-0.15, -0.1) is 0 Å². The Hall–Kier alpha value is -3.06. The summed E-state index contributed by atoms with van der Waals surface area (Å²) < 4.78 is 5.73. The molecule has 1 saturated heterocycles. The number of ether oxygens (including phenoxy) is 1. The van der Waals surface area contributed by atoms with E-state index in [4.69, 9.17) is 4.74 Å². The minimum absolute atomic E-state index is 0.178. The van der Waals surface area contributed by atoms with Crippen LogP contribution in [0.2, 0.25) is 0 Å². The van der Waals surface area contributed by atoms with Gasteiger partial charge in [0.15, 0.2) is 0 Å². The SMILES string of the molecule is O=C(/C=C/c1ccc(OCc2ccccc2)cc1)NCCN1C(=O)CSC1=O. The summed E-state index contributed by atoms with van der Waals surface area (Å²) in [7, 11) is 0. The van der Waals surface area contributed by atoms with Crippen molar-refractivity contribution in [3.05, 3.63) is 71.8 Å². The summed E-state index contributed by atoms with van der Waals surface area (Å²) in [6.07, 6.45) is 3.11. The molecule has 144 valence electrons. The van der Waals surface area contributed by atoms with E-state index < -0.39 is 0 Å². The smallest absolute Gasteiger partial charge is 0.288 e. The first-order chi connectivity index (χ1) is 13.6. The van der Waals surface area contributed by atoms with Crippen molar-refractivity contribution in [2.75, 3.05) is 18.8 Å². The van der Waals surface area contributed by atoms with E-state index in [1.54, 1.807) is 6.08 Å². The van der Waals surface area contributed by atoms with E-state index >= 15 is 0 Å². The maximum absolute atomic E-state index is 11.9. The van der Waals surface area contributed by atoms with Crippen LogP contribution in [0.3, 0.4) is 0 Å². The van der Waals surface area contributed by atoms with Gasteiger partial charge in [0.2, 0.25) is 11.8 Å². The van der Waals surface area contributed by atoms with Crippen molar-refractivity contribution >= 4 is 34.9 Å². The van der Waals surface area contributed by atoms with Crippen molar-refractivity contribution in [2.45, 2.75) is 6.61 Å². The molecule has 0 aromatic heterocycles. The van der Waals surface area contributed by atoms with E-state index in [2.05, 4.69) is 5.32 Å². The Morgan fingerprint density at radius 2 is 1.86 bits per heavy atom. The molecule has 1 fully saturated rings. The molecule has 28 heavy (non-hydrogen) atoms. The van der Waals surface area contributed by atoms with Gasteiger partial charge in [-0.25, -0.2) is 0 Å². The molecule has 1 heterocycles. The second-order valence-corrected chi connectivity index (χ2v) is 6.99. The second-order valence-electron chi connectivity index (χ2n) is 6.07. The molecule has 0 bridgehead atoms. The summed E-state index contributed by atoms with van der Waals surface area (Å²) in [5, 5.41) is 2.41. The van der Waals surface area contributed by atoms with Crippen LogP contribution in [0.5, 0.6) is 5.75 Å². The molecule has 2 aromatic carbocycles. The van der Waals surface area contributed by atoms with Crippen LogP contribution in [-0.4, -0.2) is 40.8 Å². The quantitative estimate of drug-likeness (QED) is 0.694. The molecule has 0 aliphatic carbocycles. The second kappa shape index (κ2) is 9.75. The van der Waals surface area contributed by atoms with Crippen molar-refractivity contribution in [3.8, 4) is 5.75 Å². The summed E-state index contributed by atoms with van der Waals surface area (Å²) in [5.41, 5.74) is 1.96. The number of nitrogens with zero attached hydrogens (tertiary/aromatic N) is 1. The zero-order chi connectivity index (χ0) is 19.8. The Morgan fingerprint density at radius 1 is 1.11 bits per heavy atom. The summed E-state index contributed by atoms with van der Waals surface area (Å²) in [6, 6.07) is 17.3. The Bertz CT molecular complexity index is 850. The summed E-state index contributed by atoms with van der Waals surface area (Å²) >= 11 is 0.984. The first-order valence-electron chi connectivity index (χ1n) is 8.81. The van der Waals surface area contributed by atoms with Gasteiger partial charge >= 0.3 is 0 Å². The Balaban J connectivity index is 1.41. The summed E-state index contributed by atoms with van der Waals surface area (Å²) in [4.78, 5) is 35.9. The third kappa shape index (κ3) is 5.72. The van der Waals surface area contributed by atoms with E-state index in [0.717, 1.165) is 33.5 Å². The number of benzene rings is 2. The van der Waals surface area contributed by atoms with Crippen molar-refractivity contribution in [3.63, 3.8) is 0 Å². The number of thioether (sulfide) groups is 1. The minimum atomic E-state index is -0.281. The lowest BCUT2D eigenvalue weighted by Gasteiger charge is -2.12. The molecule has 1 aliphatic heterocycles.